The number of benzene rings is 1. The number of rotatable bonds is 4. The highest BCUT2D eigenvalue weighted by Crippen LogP contribution is 2.22. The number of aryl methyl sites for hydroxylation is 1. The molecule has 1 atom stereocenters. The van der Waals surface area contributed by atoms with Crippen LogP contribution in [-0.4, -0.2) is 35.1 Å². The number of hydrogen-bond acceptors (Lipinski definition) is 3. The molecule has 0 spiro atoms. The third-order valence-electron chi connectivity index (χ3n) is 3.12. The Bertz CT molecular complexity index is 502. The summed E-state index contributed by atoms with van der Waals surface area (Å²) in [7, 11) is 6.06. The van der Waals surface area contributed by atoms with Gasteiger partial charge in [0, 0.05) is 25.4 Å². The first kappa shape index (κ1) is 12.8. The van der Waals surface area contributed by atoms with Crippen LogP contribution in [0.3, 0.4) is 0 Å². The average molecular weight is 244 g/mol. The second-order valence-corrected chi connectivity index (χ2v) is 4.68. The highest BCUT2D eigenvalue weighted by molar-refractivity contribution is 5.55. The van der Waals surface area contributed by atoms with Gasteiger partial charge < -0.3 is 10.3 Å². The molecule has 2 N–H and O–H groups in total. The topological polar surface area (TPSA) is 47.1 Å². The van der Waals surface area contributed by atoms with E-state index >= 15 is 0 Å². The molecule has 0 bridgehead atoms. The second kappa shape index (κ2) is 5.33. The fourth-order valence-corrected chi connectivity index (χ4v) is 2.10. The normalized spacial score (nSPS) is 12.9. The van der Waals surface area contributed by atoms with E-state index < -0.39 is 0 Å². The number of nitrogens with two attached hydrogens (primary N) is 1. The molecule has 0 amide bonds. The molecule has 1 heterocycles. The van der Waals surface area contributed by atoms with Crippen LogP contribution in [0.5, 0.6) is 0 Å². The van der Waals surface area contributed by atoms with Crippen LogP contribution in [-0.2, 0) is 7.05 Å². The summed E-state index contributed by atoms with van der Waals surface area (Å²) >= 11 is 0. The first-order valence-electron chi connectivity index (χ1n) is 6.08. The third kappa shape index (κ3) is 2.44. The molecule has 1 aromatic heterocycles. The molecule has 2 rings (SSSR count). The molecule has 1 aromatic carbocycles. The van der Waals surface area contributed by atoms with Crippen molar-refractivity contribution in [1.82, 2.24) is 14.5 Å². The summed E-state index contributed by atoms with van der Waals surface area (Å²) < 4.78 is 2.05. The van der Waals surface area contributed by atoms with E-state index in [9.17, 15) is 0 Å². The minimum atomic E-state index is 0.161. The first-order valence-corrected chi connectivity index (χ1v) is 6.08. The maximum atomic E-state index is 5.81. The van der Waals surface area contributed by atoms with Gasteiger partial charge in [-0.25, -0.2) is 4.98 Å². The second-order valence-electron chi connectivity index (χ2n) is 4.68. The van der Waals surface area contributed by atoms with Crippen molar-refractivity contribution in [1.29, 1.82) is 0 Å². The van der Waals surface area contributed by atoms with Crippen LogP contribution >= 0.6 is 0 Å². The van der Waals surface area contributed by atoms with E-state index in [0.29, 0.717) is 6.54 Å². The summed E-state index contributed by atoms with van der Waals surface area (Å²) in [6.45, 7) is 0.568. The Labute approximate surface area is 108 Å². The Morgan fingerprint density at radius 3 is 2.50 bits per heavy atom. The van der Waals surface area contributed by atoms with Gasteiger partial charge in [-0.2, -0.15) is 0 Å². The van der Waals surface area contributed by atoms with E-state index in [1.807, 2.05) is 39.3 Å². The van der Waals surface area contributed by atoms with Crippen molar-refractivity contribution in [3.63, 3.8) is 0 Å². The maximum absolute atomic E-state index is 5.81. The highest BCUT2D eigenvalue weighted by Gasteiger charge is 2.17. The number of likely N-dealkylation sites (N-methyl/N-ethyl adjacent to an activating group) is 1. The molecule has 96 valence electrons. The van der Waals surface area contributed by atoms with Gasteiger partial charge in [-0.3, -0.25) is 4.90 Å². The third-order valence-corrected chi connectivity index (χ3v) is 3.12. The zero-order valence-electron chi connectivity index (χ0n) is 11.2. The highest BCUT2D eigenvalue weighted by atomic mass is 15.1. The number of imidazole rings is 1. The van der Waals surface area contributed by atoms with Crippen LogP contribution < -0.4 is 5.73 Å². The van der Waals surface area contributed by atoms with Crippen molar-refractivity contribution < 1.29 is 0 Å². The lowest BCUT2D eigenvalue weighted by Crippen LogP contribution is -2.27. The van der Waals surface area contributed by atoms with Crippen LogP contribution in [0, 0.1) is 0 Å². The Morgan fingerprint density at radius 2 is 1.94 bits per heavy atom. The summed E-state index contributed by atoms with van der Waals surface area (Å²) in [6.07, 6.45) is 2.06. The van der Waals surface area contributed by atoms with Crippen molar-refractivity contribution in [2.75, 3.05) is 20.6 Å². The van der Waals surface area contributed by atoms with E-state index in [1.165, 1.54) is 0 Å². The lowest BCUT2D eigenvalue weighted by atomic mass is 10.2. The van der Waals surface area contributed by atoms with Gasteiger partial charge in [-0.05, 0) is 14.1 Å². The van der Waals surface area contributed by atoms with E-state index in [0.717, 1.165) is 17.1 Å². The van der Waals surface area contributed by atoms with Gasteiger partial charge in [0.25, 0.3) is 0 Å². The predicted molar refractivity (Wildman–Crippen MR) is 74.1 cm³/mol. The standard InChI is InChI=1S/C14H20N4/c1-17(2)13(9-15)12-10-18(3)14(16-12)11-7-5-4-6-8-11/h4-8,10,13H,9,15H2,1-3H3. The van der Waals surface area contributed by atoms with Gasteiger partial charge in [0.2, 0.25) is 0 Å². The average Bonchev–Trinajstić information content (AvgIpc) is 2.73. The molecule has 0 aliphatic heterocycles. The summed E-state index contributed by atoms with van der Waals surface area (Å²) in [5.74, 6) is 0.978. The minimum Gasteiger partial charge on any atom is -0.334 e. The predicted octanol–water partition coefficient (Wildman–Crippen LogP) is 1.65. The molecule has 0 saturated heterocycles. The molecule has 0 aliphatic carbocycles. The van der Waals surface area contributed by atoms with Crippen LogP contribution in [0.15, 0.2) is 36.5 Å². The summed E-state index contributed by atoms with van der Waals surface area (Å²) in [4.78, 5) is 6.81. The summed E-state index contributed by atoms with van der Waals surface area (Å²) in [5, 5.41) is 0. The zero-order valence-corrected chi connectivity index (χ0v) is 11.2. The van der Waals surface area contributed by atoms with Crippen molar-refractivity contribution >= 4 is 0 Å². The monoisotopic (exact) mass is 244 g/mol. The van der Waals surface area contributed by atoms with Crippen molar-refractivity contribution in [3.8, 4) is 11.4 Å². The molecule has 18 heavy (non-hydrogen) atoms. The Morgan fingerprint density at radius 1 is 1.28 bits per heavy atom. The first-order chi connectivity index (χ1) is 8.63. The van der Waals surface area contributed by atoms with Gasteiger partial charge in [-0.15, -0.1) is 0 Å². The Hall–Kier alpha value is -1.65. The molecule has 0 radical (unpaired) electrons. The van der Waals surface area contributed by atoms with Gasteiger partial charge >= 0.3 is 0 Å². The Balaban J connectivity index is 2.38. The maximum Gasteiger partial charge on any atom is 0.140 e. The molecule has 0 fully saturated rings. The van der Waals surface area contributed by atoms with Gasteiger partial charge in [0.1, 0.15) is 5.82 Å². The molecular weight excluding hydrogens is 224 g/mol. The van der Waals surface area contributed by atoms with Crippen LogP contribution in [0.25, 0.3) is 11.4 Å². The van der Waals surface area contributed by atoms with Crippen molar-refractivity contribution in [2.24, 2.45) is 12.8 Å². The van der Waals surface area contributed by atoms with Crippen LogP contribution in [0.2, 0.25) is 0 Å². The largest absolute Gasteiger partial charge is 0.334 e. The molecule has 0 saturated carbocycles. The van der Waals surface area contributed by atoms with Gasteiger partial charge in [-0.1, -0.05) is 30.3 Å². The lowest BCUT2D eigenvalue weighted by molar-refractivity contribution is 0.301. The number of aromatic nitrogens is 2. The van der Waals surface area contributed by atoms with E-state index in [4.69, 9.17) is 10.7 Å². The van der Waals surface area contributed by atoms with Crippen molar-refractivity contribution in [2.45, 2.75) is 6.04 Å². The van der Waals surface area contributed by atoms with E-state index in [-0.39, 0.29) is 6.04 Å². The smallest absolute Gasteiger partial charge is 0.140 e. The Kier molecular flexibility index (Phi) is 3.79. The van der Waals surface area contributed by atoms with Gasteiger partial charge in [0.15, 0.2) is 0 Å². The molecule has 0 aliphatic rings. The van der Waals surface area contributed by atoms with Crippen molar-refractivity contribution in [3.05, 3.63) is 42.2 Å². The van der Waals surface area contributed by atoms with Crippen LogP contribution in [0.1, 0.15) is 11.7 Å². The van der Waals surface area contributed by atoms with E-state index in [1.54, 1.807) is 0 Å². The molecule has 2 aromatic rings. The molecular formula is C14H20N4. The fourth-order valence-electron chi connectivity index (χ4n) is 2.10. The summed E-state index contributed by atoms with van der Waals surface area (Å²) in [6, 6.07) is 10.4. The summed E-state index contributed by atoms with van der Waals surface area (Å²) in [5.41, 5.74) is 7.96. The number of hydrogen-bond donors (Lipinski definition) is 1. The van der Waals surface area contributed by atoms with E-state index in [2.05, 4.69) is 27.8 Å². The fraction of sp³-hybridized carbons (Fsp3) is 0.357. The molecule has 4 heteroatoms. The number of nitrogens with zero attached hydrogens (tertiary/aromatic N) is 3. The van der Waals surface area contributed by atoms with Crippen LogP contribution in [0.4, 0.5) is 0 Å². The quantitative estimate of drug-likeness (QED) is 0.889. The van der Waals surface area contributed by atoms with Gasteiger partial charge in [0.05, 0.1) is 11.7 Å². The molecule has 4 nitrogen and oxygen atoms in total. The minimum absolute atomic E-state index is 0.161. The lowest BCUT2D eigenvalue weighted by Gasteiger charge is -2.20. The zero-order chi connectivity index (χ0) is 13.1. The SMILES string of the molecule is CN(C)C(CN)c1cn(C)c(-c2ccccc2)n1. The molecule has 1 unspecified atom stereocenters.